The van der Waals surface area contributed by atoms with E-state index in [1.165, 1.54) is 11.1 Å². The second-order valence-corrected chi connectivity index (χ2v) is 8.78. The Morgan fingerprint density at radius 3 is 2.56 bits per heavy atom. The van der Waals surface area contributed by atoms with Crippen LogP contribution in [0.1, 0.15) is 42.0 Å². The van der Waals surface area contributed by atoms with Crippen molar-refractivity contribution < 1.29 is 5.11 Å². The molecule has 2 aliphatic heterocycles. The van der Waals surface area contributed by atoms with Gasteiger partial charge in [-0.1, -0.05) is 45.8 Å². The van der Waals surface area contributed by atoms with Gasteiger partial charge in [-0.2, -0.15) is 0 Å². The van der Waals surface area contributed by atoms with E-state index in [-0.39, 0.29) is 11.7 Å². The molecule has 1 atom stereocenters. The molecule has 2 N–H and O–H groups in total. The maximum absolute atomic E-state index is 10.5. The quantitative estimate of drug-likeness (QED) is 0.745. The Labute approximate surface area is 169 Å². The molecule has 0 radical (unpaired) electrons. The van der Waals surface area contributed by atoms with E-state index in [0.29, 0.717) is 5.75 Å². The molecule has 2 heterocycles. The van der Waals surface area contributed by atoms with Gasteiger partial charge in [0.2, 0.25) is 0 Å². The number of likely N-dealkylation sites (tertiary alicyclic amines) is 1. The Bertz CT molecular complexity index is 854. The monoisotopic (exact) mass is 427 g/mol. The SMILES string of the molecule is Cc1ccc(C2=NC3(CCN(C)CC3)N[C@@H](c3cc(Br)ccc3O)C2)cc1. The molecule has 4 rings (SSSR count). The number of phenols is 1. The summed E-state index contributed by atoms with van der Waals surface area (Å²) < 4.78 is 0.980. The van der Waals surface area contributed by atoms with E-state index in [4.69, 9.17) is 4.99 Å². The summed E-state index contributed by atoms with van der Waals surface area (Å²) in [5.74, 6) is 0.337. The third-order valence-corrected chi connectivity index (χ3v) is 6.25. The van der Waals surface area contributed by atoms with Crippen LogP contribution in [-0.2, 0) is 0 Å². The van der Waals surface area contributed by atoms with Gasteiger partial charge in [0, 0.05) is 41.3 Å². The summed E-state index contributed by atoms with van der Waals surface area (Å²) in [6.07, 6.45) is 2.72. The minimum atomic E-state index is -0.260. The van der Waals surface area contributed by atoms with Crippen molar-refractivity contribution in [2.24, 2.45) is 4.99 Å². The lowest BCUT2D eigenvalue weighted by atomic mass is 9.87. The molecule has 2 aliphatic rings. The van der Waals surface area contributed by atoms with Gasteiger partial charge in [-0.15, -0.1) is 0 Å². The van der Waals surface area contributed by atoms with Crippen molar-refractivity contribution in [3.8, 4) is 5.75 Å². The summed E-state index contributed by atoms with van der Waals surface area (Å²) in [7, 11) is 2.16. The van der Waals surface area contributed by atoms with Gasteiger partial charge in [0.15, 0.2) is 0 Å². The average Bonchev–Trinajstić information content (AvgIpc) is 2.66. The molecule has 0 bridgehead atoms. The number of hydrogen-bond donors (Lipinski definition) is 2. The van der Waals surface area contributed by atoms with E-state index in [0.717, 1.165) is 48.1 Å². The van der Waals surface area contributed by atoms with E-state index in [2.05, 4.69) is 64.4 Å². The molecule has 142 valence electrons. The van der Waals surface area contributed by atoms with Gasteiger partial charge in [0.25, 0.3) is 0 Å². The lowest BCUT2D eigenvalue weighted by molar-refractivity contribution is 0.144. The molecule has 0 saturated carbocycles. The van der Waals surface area contributed by atoms with E-state index < -0.39 is 0 Å². The summed E-state index contributed by atoms with van der Waals surface area (Å²) in [5, 5.41) is 14.3. The highest BCUT2D eigenvalue weighted by Gasteiger charge is 2.40. The number of piperidine rings is 1. The molecule has 0 unspecified atom stereocenters. The molecule has 1 fully saturated rings. The van der Waals surface area contributed by atoms with Crippen LogP contribution >= 0.6 is 15.9 Å². The Morgan fingerprint density at radius 2 is 1.85 bits per heavy atom. The molecule has 0 aliphatic carbocycles. The van der Waals surface area contributed by atoms with Gasteiger partial charge >= 0.3 is 0 Å². The molecule has 1 saturated heterocycles. The maximum Gasteiger partial charge on any atom is 0.120 e. The highest BCUT2D eigenvalue weighted by Crippen LogP contribution is 2.38. The van der Waals surface area contributed by atoms with Gasteiger partial charge in [-0.25, -0.2) is 0 Å². The van der Waals surface area contributed by atoms with Crippen LogP contribution in [0.4, 0.5) is 0 Å². The van der Waals surface area contributed by atoms with Gasteiger partial charge in [0.05, 0.1) is 0 Å². The van der Waals surface area contributed by atoms with E-state index >= 15 is 0 Å². The third-order valence-electron chi connectivity index (χ3n) is 5.75. The third kappa shape index (κ3) is 3.96. The zero-order chi connectivity index (χ0) is 19.0. The standard InChI is InChI=1S/C22H26BrN3O/c1-15-3-5-16(6-4-15)19-14-20(18-13-17(23)7-8-21(18)27)25-22(24-19)9-11-26(2)12-10-22/h3-8,13,20,25,27H,9-12,14H2,1-2H3/t20-/m1/s1. The Morgan fingerprint density at radius 1 is 1.15 bits per heavy atom. The van der Waals surface area contributed by atoms with Crippen LogP contribution in [0.25, 0.3) is 0 Å². The number of aliphatic imine (C=N–C) groups is 1. The van der Waals surface area contributed by atoms with Crippen LogP contribution in [0.2, 0.25) is 0 Å². The predicted molar refractivity (Wildman–Crippen MR) is 113 cm³/mol. The molecule has 2 aromatic rings. The molecule has 5 heteroatoms. The molecule has 2 aromatic carbocycles. The van der Waals surface area contributed by atoms with Gasteiger partial charge in [-0.05, 0) is 50.6 Å². The normalized spacial score (nSPS) is 22.6. The van der Waals surface area contributed by atoms with Crippen molar-refractivity contribution in [1.82, 2.24) is 10.2 Å². The minimum Gasteiger partial charge on any atom is -0.508 e. The molecule has 0 aromatic heterocycles. The fourth-order valence-corrected chi connectivity index (χ4v) is 4.45. The van der Waals surface area contributed by atoms with Crippen molar-refractivity contribution >= 4 is 21.6 Å². The first-order chi connectivity index (χ1) is 12.9. The highest BCUT2D eigenvalue weighted by atomic mass is 79.9. The van der Waals surface area contributed by atoms with Crippen molar-refractivity contribution in [2.45, 2.75) is 37.9 Å². The van der Waals surface area contributed by atoms with Crippen molar-refractivity contribution in [1.29, 1.82) is 0 Å². The maximum atomic E-state index is 10.5. The summed E-state index contributed by atoms with van der Waals surface area (Å²) >= 11 is 3.55. The summed E-state index contributed by atoms with van der Waals surface area (Å²) in [4.78, 5) is 7.58. The van der Waals surface area contributed by atoms with Gasteiger partial charge < -0.3 is 10.0 Å². The van der Waals surface area contributed by atoms with Gasteiger partial charge in [-0.3, -0.25) is 10.3 Å². The number of aryl methyl sites for hydroxylation is 1. The van der Waals surface area contributed by atoms with Crippen LogP contribution in [-0.4, -0.2) is 41.5 Å². The smallest absolute Gasteiger partial charge is 0.120 e. The van der Waals surface area contributed by atoms with E-state index in [1.807, 2.05) is 12.1 Å². The number of hydrogen-bond acceptors (Lipinski definition) is 4. The number of rotatable bonds is 2. The molecule has 1 spiro atoms. The first kappa shape index (κ1) is 18.7. The van der Waals surface area contributed by atoms with Crippen LogP contribution in [0.3, 0.4) is 0 Å². The zero-order valence-corrected chi connectivity index (χ0v) is 17.5. The Kier molecular flexibility index (Phi) is 5.10. The topological polar surface area (TPSA) is 47.9 Å². The number of aromatic hydroxyl groups is 1. The number of halogens is 1. The zero-order valence-electron chi connectivity index (χ0n) is 15.9. The van der Waals surface area contributed by atoms with E-state index in [1.54, 1.807) is 6.07 Å². The number of benzene rings is 2. The van der Waals surface area contributed by atoms with E-state index in [9.17, 15) is 5.11 Å². The van der Waals surface area contributed by atoms with Crippen LogP contribution in [0, 0.1) is 6.92 Å². The summed E-state index contributed by atoms with van der Waals surface area (Å²) in [5.41, 5.74) is 4.23. The highest BCUT2D eigenvalue weighted by molar-refractivity contribution is 9.10. The van der Waals surface area contributed by atoms with Crippen molar-refractivity contribution in [3.05, 3.63) is 63.6 Å². The largest absolute Gasteiger partial charge is 0.508 e. The minimum absolute atomic E-state index is 0.0414. The summed E-state index contributed by atoms with van der Waals surface area (Å²) in [6, 6.07) is 14.3. The van der Waals surface area contributed by atoms with Crippen LogP contribution in [0.15, 0.2) is 51.9 Å². The Balaban J connectivity index is 1.74. The van der Waals surface area contributed by atoms with Crippen molar-refractivity contribution in [3.63, 3.8) is 0 Å². The number of nitrogens with one attached hydrogen (secondary N) is 1. The van der Waals surface area contributed by atoms with Gasteiger partial charge in [0.1, 0.15) is 11.4 Å². The summed E-state index contributed by atoms with van der Waals surface area (Å²) in [6.45, 7) is 4.15. The second-order valence-electron chi connectivity index (χ2n) is 7.86. The molecule has 27 heavy (non-hydrogen) atoms. The fraction of sp³-hybridized carbons (Fsp3) is 0.409. The van der Waals surface area contributed by atoms with Crippen molar-refractivity contribution in [2.75, 3.05) is 20.1 Å². The Hall–Kier alpha value is -1.69. The van der Waals surface area contributed by atoms with Crippen LogP contribution < -0.4 is 5.32 Å². The molecular weight excluding hydrogens is 402 g/mol. The molecule has 4 nitrogen and oxygen atoms in total. The average molecular weight is 428 g/mol. The fourth-order valence-electron chi connectivity index (χ4n) is 4.07. The number of phenolic OH excluding ortho intramolecular Hbond substituents is 1. The lowest BCUT2D eigenvalue weighted by Crippen LogP contribution is -2.55. The van der Waals surface area contributed by atoms with Crippen LogP contribution in [0.5, 0.6) is 5.75 Å². The molecular formula is C22H26BrN3O. The predicted octanol–water partition coefficient (Wildman–Crippen LogP) is 4.41. The first-order valence-electron chi connectivity index (χ1n) is 9.55. The number of nitrogens with zero attached hydrogens (tertiary/aromatic N) is 2. The molecule has 0 amide bonds. The first-order valence-corrected chi connectivity index (χ1v) is 10.3. The second kappa shape index (κ2) is 7.38. The lowest BCUT2D eigenvalue weighted by Gasteiger charge is -2.44.